The van der Waals surface area contributed by atoms with Gasteiger partial charge in [-0.15, -0.1) is 0 Å². The van der Waals surface area contributed by atoms with Gasteiger partial charge in [0.15, 0.2) is 0 Å². The molecule has 0 saturated heterocycles. The van der Waals surface area contributed by atoms with Gasteiger partial charge in [0.1, 0.15) is 10.3 Å². The number of carbonyl (C=O) groups excluding carboxylic acids is 1. The molecule has 2 rings (SSSR count). The molecule has 5 heteroatoms. The maximum Gasteiger partial charge on any atom is 0.251 e. The number of nitrogens with zero attached hydrogens (tertiary/aromatic N) is 1. The first kappa shape index (κ1) is 10.7. The second-order valence-electron chi connectivity index (χ2n) is 4.02. The van der Waals surface area contributed by atoms with Gasteiger partial charge in [-0.2, -0.15) is 0 Å². The van der Waals surface area contributed by atoms with Crippen LogP contribution in [0.1, 0.15) is 30.1 Å². The lowest BCUT2D eigenvalue weighted by atomic mass is 10.2. The summed E-state index contributed by atoms with van der Waals surface area (Å²) in [6, 6.07) is 3.02. The van der Waals surface area contributed by atoms with Crippen molar-refractivity contribution in [3.8, 4) is 0 Å². The van der Waals surface area contributed by atoms with E-state index in [1.807, 2.05) is 6.92 Å². The minimum Gasteiger partial charge on any atom is -0.347 e. The van der Waals surface area contributed by atoms with E-state index in [4.69, 9.17) is 23.2 Å². The molecule has 80 valence electrons. The van der Waals surface area contributed by atoms with Crippen LogP contribution in [0.25, 0.3) is 0 Å². The summed E-state index contributed by atoms with van der Waals surface area (Å²) in [5.41, 5.74) is 0.410. The fraction of sp³-hybridized carbons (Fsp3) is 0.400. The lowest BCUT2D eigenvalue weighted by Gasteiger charge is -2.11. The molecule has 0 bridgehead atoms. The molecule has 1 saturated carbocycles. The number of rotatable bonds is 2. The van der Waals surface area contributed by atoms with Crippen LogP contribution in [0.3, 0.4) is 0 Å². The smallest absolute Gasteiger partial charge is 0.251 e. The number of aromatic nitrogens is 1. The maximum atomic E-state index is 11.7. The molecule has 15 heavy (non-hydrogen) atoms. The molecule has 0 radical (unpaired) electrons. The Labute approximate surface area is 97.8 Å². The van der Waals surface area contributed by atoms with Crippen molar-refractivity contribution in [2.45, 2.75) is 25.3 Å². The van der Waals surface area contributed by atoms with Crippen molar-refractivity contribution in [1.29, 1.82) is 0 Å². The third-order valence-corrected chi connectivity index (χ3v) is 2.83. The van der Waals surface area contributed by atoms with Gasteiger partial charge in [0.25, 0.3) is 5.91 Å². The summed E-state index contributed by atoms with van der Waals surface area (Å²) in [4.78, 5) is 15.5. The molecule has 0 atom stereocenters. The molecular formula is C10H10Cl2N2O. The maximum absolute atomic E-state index is 11.7. The summed E-state index contributed by atoms with van der Waals surface area (Å²) in [5.74, 6) is -0.152. The predicted molar refractivity (Wildman–Crippen MR) is 59.4 cm³/mol. The minimum atomic E-state index is -0.152. The van der Waals surface area contributed by atoms with E-state index < -0.39 is 0 Å². The third-order valence-electron chi connectivity index (χ3n) is 2.44. The van der Waals surface area contributed by atoms with Crippen LogP contribution in [0.15, 0.2) is 12.1 Å². The Balaban J connectivity index is 2.17. The molecule has 1 aliphatic carbocycles. The standard InChI is InChI=1S/C10H10Cl2N2O/c1-10(2-3-10)14-9(15)6-4-7(11)13-8(12)5-6/h4-5H,2-3H2,1H3,(H,14,15). The van der Waals surface area contributed by atoms with Crippen molar-refractivity contribution < 1.29 is 4.79 Å². The second kappa shape index (κ2) is 3.65. The molecule has 1 fully saturated rings. The molecule has 1 heterocycles. The molecule has 3 nitrogen and oxygen atoms in total. The van der Waals surface area contributed by atoms with Gasteiger partial charge in [0, 0.05) is 11.1 Å². The van der Waals surface area contributed by atoms with Crippen LogP contribution in [-0.2, 0) is 0 Å². The minimum absolute atomic E-state index is 0.0424. The number of halogens is 2. The van der Waals surface area contributed by atoms with Crippen molar-refractivity contribution in [3.63, 3.8) is 0 Å². The van der Waals surface area contributed by atoms with Gasteiger partial charge in [-0.3, -0.25) is 4.79 Å². The average Bonchev–Trinajstić information content (AvgIpc) is 2.81. The fourth-order valence-corrected chi connectivity index (χ4v) is 1.72. The van der Waals surface area contributed by atoms with E-state index in [9.17, 15) is 4.79 Å². The van der Waals surface area contributed by atoms with Crippen LogP contribution in [0.5, 0.6) is 0 Å². The molecule has 1 amide bonds. The Kier molecular flexibility index (Phi) is 2.61. The summed E-state index contributed by atoms with van der Waals surface area (Å²) in [7, 11) is 0. The quantitative estimate of drug-likeness (QED) is 0.814. The number of pyridine rings is 1. The summed E-state index contributed by atoms with van der Waals surface area (Å²) >= 11 is 11.4. The highest BCUT2D eigenvalue weighted by Gasteiger charge is 2.38. The van der Waals surface area contributed by atoms with E-state index >= 15 is 0 Å². The zero-order valence-electron chi connectivity index (χ0n) is 8.18. The normalized spacial score (nSPS) is 17.3. The van der Waals surface area contributed by atoms with Gasteiger partial charge < -0.3 is 5.32 Å². The molecule has 0 aromatic carbocycles. The van der Waals surface area contributed by atoms with Crippen LogP contribution in [-0.4, -0.2) is 16.4 Å². The Hall–Kier alpha value is -0.800. The Bertz CT molecular complexity index is 396. The third kappa shape index (κ3) is 2.61. The van der Waals surface area contributed by atoms with Crippen molar-refractivity contribution in [1.82, 2.24) is 10.3 Å². The Morgan fingerprint density at radius 2 is 1.93 bits per heavy atom. The van der Waals surface area contributed by atoms with Crippen molar-refractivity contribution in [2.24, 2.45) is 0 Å². The number of nitrogens with one attached hydrogen (secondary N) is 1. The zero-order valence-corrected chi connectivity index (χ0v) is 9.69. The summed E-state index contributed by atoms with van der Waals surface area (Å²) in [6.45, 7) is 2.01. The van der Waals surface area contributed by atoms with E-state index in [0.29, 0.717) is 5.56 Å². The van der Waals surface area contributed by atoms with Crippen molar-refractivity contribution in [2.75, 3.05) is 0 Å². The predicted octanol–water partition coefficient (Wildman–Crippen LogP) is 2.67. The van der Waals surface area contributed by atoms with Gasteiger partial charge in [0.05, 0.1) is 0 Å². The molecular weight excluding hydrogens is 235 g/mol. The molecule has 1 aromatic rings. The van der Waals surface area contributed by atoms with Crippen LogP contribution in [0.4, 0.5) is 0 Å². The topological polar surface area (TPSA) is 42.0 Å². The van der Waals surface area contributed by atoms with E-state index in [1.165, 1.54) is 12.1 Å². The van der Waals surface area contributed by atoms with Crippen LogP contribution in [0.2, 0.25) is 10.3 Å². The molecule has 0 unspecified atom stereocenters. The van der Waals surface area contributed by atoms with Gasteiger partial charge >= 0.3 is 0 Å². The number of hydrogen-bond acceptors (Lipinski definition) is 2. The van der Waals surface area contributed by atoms with Gasteiger partial charge in [-0.25, -0.2) is 4.98 Å². The van der Waals surface area contributed by atoms with Gasteiger partial charge in [0.2, 0.25) is 0 Å². The van der Waals surface area contributed by atoms with Crippen LogP contribution >= 0.6 is 23.2 Å². The molecule has 1 aromatic heterocycles. The molecule has 0 aliphatic heterocycles. The average molecular weight is 245 g/mol. The van der Waals surface area contributed by atoms with Gasteiger partial charge in [-0.05, 0) is 31.9 Å². The van der Waals surface area contributed by atoms with E-state index in [1.54, 1.807) is 0 Å². The van der Waals surface area contributed by atoms with E-state index in [0.717, 1.165) is 12.8 Å². The highest BCUT2D eigenvalue weighted by Crippen LogP contribution is 2.34. The highest BCUT2D eigenvalue weighted by atomic mass is 35.5. The summed E-state index contributed by atoms with van der Waals surface area (Å²) < 4.78 is 0. The second-order valence-corrected chi connectivity index (χ2v) is 4.79. The summed E-state index contributed by atoms with van der Waals surface area (Å²) in [6.07, 6.45) is 2.04. The SMILES string of the molecule is CC1(NC(=O)c2cc(Cl)nc(Cl)c2)CC1. The monoisotopic (exact) mass is 244 g/mol. The Morgan fingerprint density at radius 1 is 1.40 bits per heavy atom. The molecule has 0 spiro atoms. The van der Waals surface area contributed by atoms with Crippen LogP contribution in [0, 0.1) is 0 Å². The first-order chi connectivity index (χ1) is 6.98. The number of hydrogen-bond donors (Lipinski definition) is 1. The van der Waals surface area contributed by atoms with Gasteiger partial charge in [-0.1, -0.05) is 23.2 Å². The first-order valence-corrected chi connectivity index (χ1v) is 5.40. The number of amides is 1. The van der Waals surface area contributed by atoms with Crippen LogP contribution < -0.4 is 5.32 Å². The van der Waals surface area contributed by atoms with Crippen molar-refractivity contribution in [3.05, 3.63) is 28.0 Å². The van der Waals surface area contributed by atoms with Crippen molar-refractivity contribution >= 4 is 29.1 Å². The van der Waals surface area contributed by atoms with E-state index in [2.05, 4.69) is 10.3 Å². The number of carbonyl (C=O) groups is 1. The summed E-state index contributed by atoms with van der Waals surface area (Å²) in [5, 5.41) is 3.38. The zero-order chi connectivity index (χ0) is 11.1. The molecule has 1 aliphatic rings. The lowest BCUT2D eigenvalue weighted by molar-refractivity contribution is 0.0935. The molecule has 1 N–H and O–H groups in total. The first-order valence-electron chi connectivity index (χ1n) is 4.64. The lowest BCUT2D eigenvalue weighted by Crippen LogP contribution is -2.34. The van der Waals surface area contributed by atoms with E-state index in [-0.39, 0.29) is 21.8 Å². The fourth-order valence-electron chi connectivity index (χ4n) is 1.25. The highest BCUT2D eigenvalue weighted by molar-refractivity contribution is 6.33. The largest absolute Gasteiger partial charge is 0.347 e. The Morgan fingerprint density at radius 3 is 2.40 bits per heavy atom.